The Hall–Kier alpha value is -0.570. The molecule has 1 aromatic rings. The molecule has 94 valence electrons. The topological polar surface area (TPSA) is 38.0 Å². The normalized spacial score (nSPS) is 26.1. The van der Waals surface area contributed by atoms with Crippen LogP contribution in [0.4, 0.5) is 0 Å². The molecule has 2 rings (SSSR count). The maximum Gasteiger partial charge on any atom is 0.0406 e. The predicted molar refractivity (Wildman–Crippen MR) is 73.2 cm³/mol. The lowest BCUT2D eigenvalue weighted by atomic mass is 10.0. The second kappa shape index (κ2) is 5.85. The monoisotopic (exact) mass is 252 g/mol. The fourth-order valence-electron chi connectivity index (χ4n) is 2.71. The number of nitrogens with two attached hydrogens (primary N) is 1. The Morgan fingerprint density at radius 3 is 2.71 bits per heavy atom. The van der Waals surface area contributed by atoms with Crippen LogP contribution in [0.3, 0.4) is 0 Å². The van der Waals surface area contributed by atoms with E-state index >= 15 is 0 Å². The maximum atomic E-state index is 5.90. The minimum absolute atomic E-state index is 0.365. The van der Waals surface area contributed by atoms with Gasteiger partial charge in [-0.05, 0) is 49.9 Å². The third-order valence-corrected chi connectivity index (χ3v) is 4.05. The van der Waals surface area contributed by atoms with Crippen molar-refractivity contribution in [3.8, 4) is 0 Å². The Morgan fingerprint density at radius 2 is 2.06 bits per heavy atom. The van der Waals surface area contributed by atoms with E-state index in [0.717, 1.165) is 11.6 Å². The molecule has 0 aliphatic heterocycles. The molecule has 1 fully saturated rings. The molecule has 0 bridgehead atoms. The molecule has 17 heavy (non-hydrogen) atoms. The molecule has 3 heteroatoms. The van der Waals surface area contributed by atoms with Crippen molar-refractivity contribution in [1.82, 2.24) is 5.32 Å². The van der Waals surface area contributed by atoms with Gasteiger partial charge in [0.25, 0.3) is 0 Å². The highest BCUT2D eigenvalue weighted by Crippen LogP contribution is 2.27. The Balaban J connectivity index is 1.96. The van der Waals surface area contributed by atoms with E-state index in [1.807, 2.05) is 12.1 Å². The lowest BCUT2D eigenvalue weighted by molar-refractivity contribution is 0.374. The summed E-state index contributed by atoms with van der Waals surface area (Å²) >= 11 is 5.90. The van der Waals surface area contributed by atoms with E-state index in [-0.39, 0.29) is 0 Å². The van der Waals surface area contributed by atoms with Crippen LogP contribution >= 0.6 is 11.6 Å². The summed E-state index contributed by atoms with van der Waals surface area (Å²) in [7, 11) is 0. The standard InChI is InChI=1S/C14H21ClN2/c1-10(11-5-7-13(15)8-6-11)17-14-4-2-3-12(14)9-16/h5-8,10,12,14,17H,2-4,9,16H2,1H3. The molecular formula is C14H21ClN2. The van der Waals surface area contributed by atoms with Crippen LogP contribution in [-0.4, -0.2) is 12.6 Å². The number of nitrogens with one attached hydrogen (secondary N) is 1. The Labute approximate surface area is 109 Å². The third kappa shape index (κ3) is 3.21. The third-order valence-electron chi connectivity index (χ3n) is 3.80. The van der Waals surface area contributed by atoms with Gasteiger partial charge in [0.2, 0.25) is 0 Å². The van der Waals surface area contributed by atoms with E-state index < -0.39 is 0 Å². The second-order valence-electron chi connectivity index (χ2n) is 4.97. The van der Waals surface area contributed by atoms with Crippen LogP contribution in [-0.2, 0) is 0 Å². The van der Waals surface area contributed by atoms with Crippen molar-refractivity contribution < 1.29 is 0 Å². The van der Waals surface area contributed by atoms with E-state index in [9.17, 15) is 0 Å². The van der Waals surface area contributed by atoms with Gasteiger partial charge in [-0.15, -0.1) is 0 Å². The van der Waals surface area contributed by atoms with Crippen molar-refractivity contribution in [1.29, 1.82) is 0 Å². The summed E-state index contributed by atoms with van der Waals surface area (Å²) in [4.78, 5) is 0. The van der Waals surface area contributed by atoms with E-state index in [1.165, 1.54) is 24.8 Å². The van der Waals surface area contributed by atoms with Crippen LogP contribution in [0.25, 0.3) is 0 Å². The van der Waals surface area contributed by atoms with Crippen molar-refractivity contribution in [2.24, 2.45) is 11.7 Å². The van der Waals surface area contributed by atoms with Gasteiger partial charge in [0, 0.05) is 17.1 Å². The molecular weight excluding hydrogens is 232 g/mol. The molecule has 1 saturated carbocycles. The molecule has 0 amide bonds. The fraction of sp³-hybridized carbons (Fsp3) is 0.571. The average Bonchev–Trinajstić information content (AvgIpc) is 2.77. The SMILES string of the molecule is CC(NC1CCCC1CN)c1ccc(Cl)cc1. The summed E-state index contributed by atoms with van der Waals surface area (Å²) in [6.45, 7) is 3.00. The highest BCUT2D eigenvalue weighted by atomic mass is 35.5. The lowest BCUT2D eigenvalue weighted by Gasteiger charge is -2.24. The van der Waals surface area contributed by atoms with Crippen molar-refractivity contribution in [3.05, 3.63) is 34.9 Å². The van der Waals surface area contributed by atoms with Crippen molar-refractivity contribution in [2.45, 2.75) is 38.3 Å². The molecule has 2 nitrogen and oxygen atoms in total. The van der Waals surface area contributed by atoms with Crippen LogP contribution in [0.15, 0.2) is 24.3 Å². The van der Waals surface area contributed by atoms with Gasteiger partial charge in [-0.1, -0.05) is 30.2 Å². The van der Waals surface area contributed by atoms with Crippen molar-refractivity contribution in [2.75, 3.05) is 6.54 Å². The molecule has 1 aliphatic rings. The first-order valence-electron chi connectivity index (χ1n) is 6.42. The second-order valence-corrected chi connectivity index (χ2v) is 5.41. The molecule has 0 spiro atoms. The van der Waals surface area contributed by atoms with Crippen molar-refractivity contribution >= 4 is 11.6 Å². The molecule has 3 unspecified atom stereocenters. The van der Waals surface area contributed by atoms with E-state index in [0.29, 0.717) is 18.0 Å². The van der Waals surface area contributed by atoms with E-state index in [1.54, 1.807) is 0 Å². The summed E-state index contributed by atoms with van der Waals surface area (Å²) in [5, 5.41) is 4.49. The van der Waals surface area contributed by atoms with Crippen LogP contribution in [0.1, 0.15) is 37.8 Å². The smallest absolute Gasteiger partial charge is 0.0406 e. The van der Waals surface area contributed by atoms with Gasteiger partial charge in [0.15, 0.2) is 0 Å². The molecule has 3 atom stereocenters. The van der Waals surface area contributed by atoms with E-state index in [4.69, 9.17) is 17.3 Å². The molecule has 0 saturated heterocycles. The highest BCUT2D eigenvalue weighted by Gasteiger charge is 2.26. The number of hydrogen-bond acceptors (Lipinski definition) is 2. The molecule has 1 aliphatic carbocycles. The zero-order valence-corrected chi connectivity index (χ0v) is 11.1. The molecule has 0 heterocycles. The maximum absolute atomic E-state index is 5.90. The van der Waals surface area contributed by atoms with Crippen molar-refractivity contribution in [3.63, 3.8) is 0 Å². The Kier molecular flexibility index (Phi) is 4.43. The molecule has 0 aromatic heterocycles. The summed E-state index contributed by atoms with van der Waals surface area (Å²) in [5.74, 6) is 0.643. The van der Waals surface area contributed by atoms with Crippen LogP contribution in [0.5, 0.6) is 0 Å². The van der Waals surface area contributed by atoms with Gasteiger partial charge in [-0.25, -0.2) is 0 Å². The first-order valence-corrected chi connectivity index (χ1v) is 6.80. The van der Waals surface area contributed by atoms with Gasteiger partial charge >= 0.3 is 0 Å². The van der Waals surface area contributed by atoms with Crippen LogP contribution in [0.2, 0.25) is 5.02 Å². The summed E-state index contributed by atoms with van der Waals surface area (Å²) < 4.78 is 0. The quantitative estimate of drug-likeness (QED) is 0.864. The zero-order valence-electron chi connectivity index (χ0n) is 10.3. The van der Waals surface area contributed by atoms with Crippen LogP contribution in [0, 0.1) is 5.92 Å². The number of hydrogen-bond donors (Lipinski definition) is 2. The Morgan fingerprint density at radius 1 is 1.35 bits per heavy atom. The van der Waals surface area contributed by atoms with Gasteiger partial charge < -0.3 is 11.1 Å². The Bertz CT molecular complexity index is 350. The number of rotatable bonds is 4. The zero-order chi connectivity index (χ0) is 12.3. The molecule has 0 radical (unpaired) electrons. The van der Waals surface area contributed by atoms with Gasteiger partial charge in [-0.3, -0.25) is 0 Å². The summed E-state index contributed by atoms with van der Waals surface area (Å²) in [6.07, 6.45) is 3.81. The fourth-order valence-corrected chi connectivity index (χ4v) is 2.83. The number of halogens is 1. The lowest BCUT2D eigenvalue weighted by Crippen LogP contribution is -2.37. The van der Waals surface area contributed by atoms with Gasteiger partial charge in [-0.2, -0.15) is 0 Å². The van der Waals surface area contributed by atoms with Crippen LogP contribution < -0.4 is 11.1 Å². The van der Waals surface area contributed by atoms with E-state index in [2.05, 4.69) is 24.4 Å². The average molecular weight is 253 g/mol. The summed E-state index contributed by atoms with van der Waals surface area (Å²) in [6, 6.07) is 9.02. The predicted octanol–water partition coefficient (Wildman–Crippen LogP) is 3.12. The molecule has 3 N–H and O–H groups in total. The minimum atomic E-state index is 0.365. The first-order chi connectivity index (χ1) is 8.20. The van der Waals surface area contributed by atoms with Gasteiger partial charge in [0.05, 0.1) is 0 Å². The molecule has 1 aromatic carbocycles. The largest absolute Gasteiger partial charge is 0.330 e. The number of benzene rings is 1. The highest BCUT2D eigenvalue weighted by molar-refractivity contribution is 6.30. The summed E-state index contributed by atoms with van der Waals surface area (Å²) in [5.41, 5.74) is 7.09. The van der Waals surface area contributed by atoms with Gasteiger partial charge in [0.1, 0.15) is 0 Å². The minimum Gasteiger partial charge on any atom is -0.330 e. The first kappa shape index (κ1) is 12.9.